The van der Waals surface area contributed by atoms with Gasteiger partial charge in [-0.3, -0.25) is 0 Å². The van der Waals surface area contributed by atoms with Gasteiger partial charge in [0.2, 0.25) is 0 Å². The van der Waals surface area contributed by atoms with E-state index < -0.39 is 0 Å². The van der Waals surface area contributed by atoms with Crippen LogP contribution in [0.3, 0.4) is 0 Å². The second kappa shape index (κ2) is 3.37. The van der Waals surface area contributed by atoms with Gasteiger partial charge < -0.3 is 0 Å². The first-order valence-corrected chi connectivity index (χ1v) is 6.32. The Bertz CT molecular complexity index is 337. The normalized spacial score (nSPS) is 33.6. The molecule has 0 heterocycles. The summed E-state index contributed by atoms with van der Waals surface area (Å²) >= 11 is 0. The van der Waals surface area contributed by atoms with Gasteiger partial charge in [0.05, 0.1) is 0 Å². The fourth-order valence-electron chi connectivity index (χ4n) is 3.99. The molecule has 0 spiro atoms. The average Bonchev–Trinajstić information content (AvgIpc) is 2.74. The Kier molecular flexibility index (Phi) is 2.12. The monoisotopic (exact) mass is 200 g/mol. The van der Waals surface area contributed by atoms with Crippen LogP contribution in [-0.4, -0.2) is 0 Å². The maximum Gasteiger partial charge on any atom is -0.0105 e. The number of hydrogen-bond acceptors (Lipinski definition) is 0. The SMILES string of the molecule is Cc1cc(C)cc(C2C3CCC2CC3)c1. The van der Waals surface area contributed by atoms with Gasteiger partial charge in [-0.1, -0.05) is 29.3 Å². The predicted octanol–water partition coefficient (Wildman–Crippen LogP) is 4.21. The van der Waals surface area contributed by atoms with E-state index in [0.29, 0.717) is 0 Å². The van der Waals surface area contributed by atoms with Crippen LogP contribution in [0.2, 0.25) is 0 Å². The fourth-order valence-corrected chi connectivity index (χ4v) is 3.99. The van der Waals surface area contributed by atoms with Crippen LogP contribution in [0.5, 0.6) is 0 Å². The Morgan fingerprint density at radius 1 is 0.800 bits per heavy atom. The summed E-state index contributed by atoms with van der Waals surface area (Å²) in [5.74, 6) is 2.93. The highest BCUT2D eigenvalue weighted by Crippen LogP contribution is 2.54. The lowest BCUT2D eigenvalue weighted by Crippen LogP contribution is -2.04. The molecule has 0 aliphatic heterocycles. The van der Waals surface area contributed by atoms with Crippen LogP contribution in [0.1, 0.15) is 48.3 Å². The van der Waals surface area contributed by atoms with E-state index in [1.165, 1.54) is 36.8 Å². The maximum absolute atomic E-state index is 2.42. The van der Waals surface area contributed by atoms with Crippen molar-refractivity contribution in [2.45, 2.75) is 45.4 Å². The molecule has 0 radical (unpaired) electrons. The highest BCUT2D eigenvalue weighted by atomic mass is 14.5. The van der Waals surface area contributed by atoms with Gasteiger partial charge in [-0.25, -0.2) is 0 Å². The Hall–Kier alpha value is -0.780. The first kappa shape index (κ1) is 9.45. The summed E-state index contributed by atoms with van der Waals surface area (Å²) in [5, 5.41) is 0. The number of fused-ring (bicyclic) bond motifs is 2. The topological polar surface area (TPSA) is 0 Å². The van der Waals surface area contributed by atoms with Gasteiger partial charge in [0.1, 0.15) is 0 Å². The van der Waals surface area contributed by atoms with E-state index in [2.05, 4.69) is 32.0 Å². The Balaban J connectivity index is 1.99. The van der Waals surface area contributed by atoms with E-state index in [1.54, 1.807) is 5.56 Å². The van der Waals surface area contributed by atoms with Crippen LogP contribution in [0.25, 0.3) is 0 Å². The molecule has 2 bridgehead atoms. The fraction of sp³-hybridized carbons (Fsp3) is 0.600. The van der Waals surface area contributed by atoms with Crippen molar-refractivity contribution in [2.75, 3.05) is 0 Å². The zero-order valence-electron chi connectivity index (χ0n) is 9.79. The summed E-state index contributed by atoms with van der Waals surface area (Å²) < 4.78 is 0. The van der Waals surface area contributed by atoms with Gasteiger partial charge in [-0.05, 0) is 62.8 Å². The third-order valence-corrected chi connectivity index (χ3v) is 4.46. The Morgan fingerprint density at radius 2 is 1.27 bits per heavy atom. The molecule has 2 fully saturated rings. The van der Waals surface area contributed by atoms with Gasteiger partial charge in [-0.2, -0.15) is 0 Å². The molecule has 0 atom stereocenters. The minimum absolute atomic E-state index is 0.906. The van der Waals surface area contributed by atoms with E-state index in [1.807, 2.05) is 0 Å². The van der Waals surface area contributed by atoms with E-state index >= 15 is 0 Å². The number of hydrogen-bond donors (Lipinski definition) is 0. The lowest BCUT2D eigenvalue weighted by atomic mass is 9.88. The summed E-state index contributed by atoms with van der Waals surface area (Å²) in [4.78, 5) is 0. The third kappa shape index (κ3) is 1.51. The molecule has 1 aromatic carbocycles. The quantitative estimate of drug-likeness (QED) is 0.637. The van der Waals surface area contributed by atoms with Crippen molar-refractivity contribution in [1.82, 2.24) is 0 Å². The van der Waals surface area contributed by atoms with Gasteiger partial charge in [0.15, 0.2) is 0 Å². The maximum atomic E-state index is 2.42. The summed E-state index contributed by atoms with van der Waals surface area (Å²) in [6.45, 7) is 4.46. The molecule has 3 rings (SSSR count). The molecule has 1 aromatic rings. The van der Waals surface area contributed by atoms with E-state index in [-0.39, 0.29) is 0 Å². The summed E-state index contributed by atoms with van der Waals surface area (Å²) in [6, 6.07) is 7.14. The molecule has 80 valence electrons. The molecule has 2 aliphatic rings. The molecule has 0 N–H and O–H groups in total. The first-order valence-electron chi connectivity index (χ1n) is 6.32. The molecule has 2 aliphatic carbocycles. The zero-order valence-corrected chi connectivity index (χ0v) is 9.79. The van der Waals surface area contributed by atoms with Crippen molar-refractivity contribution in [3.05, 3.63) is 34.9 Å². The second-order valence-corrected chi connectivity index (χ2v) is 5.62. The van der Waals surface area contributed by atoms with E-state index in [4.69, 9.17) is 0 Å². The van der Waals surface area contributed by atoms with E-state index in [0.717, 1.165) is 17.8 Å². The minimum atomic E-state index is 0.906. The minimum Gasteiger partial charge on any atom is -0.0564 e. The molecule has 15 heavy (non-hydrogen) atoms. The Labute approximate surface area is 92.7 Å². The standard InChI is InChI=1S/C15H20/c1-10-7-11(2)9-14(8-10)15-12-3-4-13(15)6-5-12/h7-9,12-13,15H,3-6H2,1-2H3. The molecule has 0 aromatic heterocycles. The van der Waals surface area contributed by atoms with Crippen molar-refractivity contribution >= 4 is 0 Å². The summed E-state index contributed by atoms with van der Waals surface area (Å²) in [5.41, 5.74) is 4.52. The van der Waals surface area contributed by atoms with Gasteiger partial charge in [0, 0.05) is 0 Å². The van der Waals surface area contributed by atoms with E-state index in [9.17, 15) is 0 Å². The van der Waals surface area contributed by atoms with Crippen LogP contribution >= 0.6 is 0 Å². The van der Waals surface area contributed by atoms with Crippen LogP contribution < -0.4 is 0 Å². The third-order valence-electron chi connectivity index (χ3n) is 4.46. The number of benzene rings is 1. The summed E-state index contributed by atoms with van der Waals surface area (Å²) in [7, 11) is 0. The van der Waals surface area contributed by atoms with Crippen molar-refractivity contribution in [3.8, 4) is 0 Å². The summed E-state index contributed by atoms with van der Waals surface area (Å²) in [6.07, 6.45) is 5.95. The first-order chi connectivity index (χ1) is 7.24. The van der Waals surface area contributed by atoms with Crippen molar-refractivity contribution in [1.29, 1.82) is 0 Å². The predicted molar refractivity (Wildman–Crippen MR) is 64.1 cm³/mol. The highest BCUT2D eigenvalue weighted by molar-refractivity contribution is 5.33. The van der Waals surface area contributed by atoms with Gasteiger partial charge in [0.25, 0.3) is 0 Å². The van der Waals surface area contributed by atoms with Crippen molar-refractivity contribution < 1.29 is 0 Å². The second-order valence-electron chi connectivity index (χ2n) is 5.62. The average molecular weight is 200 g/mol. The lowest BCUT2D eigenvalue weighted by molar-refractivity contribution is 0.480. The molecule has 0 unspecified atom stereocenters. The van der Waals surface area contributed by atoms with Crippen LogP contribution in [-0.2, 0) is 0 Å². The van der Waals surface area contributed by atoms with Gasteiger partial charge >= 0.3 is 0 Å². The van der Waals surface area contributed by atoms with Crippen LogP contribution in [0.15, 0.2) is 18.2 Å². The van der Waals surface area contributed by atoms with Crippen molar-refractivity contribution in [2.24, 2.45) is 11.8 Å². The number of rotatable bonds is 1. The molecule has 0 amide bonds. The van der Waals surface area contributed by atoms with Crippen LogP contribution in [0, 0.1) is 25.7 Å². The zero-order chi connectivity index (χ0) is 10.4. The largest absolute Gasteiger partial charge is 0.0564 e. The molecule has 0 heteroatoms. The van der Waals surface area contributed by atoms with Crippen molar-refractivity contribution in [3.63, 3.8) is 0 Å². The van der Waals surface area contributed by atoms with Crippen LogP contribution in [0.4, 0.5) is 0 Å². The molecule has 0 nitrogen and oxygen atoms in total. The number of aryl methyl sites for hydroxylation is 2. The molecular weight excluding hydrogens is 180 g/mol. The lowest BCUT2D eigenvalue weighted by Gasteiger charge is -2.17. The molecular formula is C15H20. The molecule has 0 saturated heterocycles. The highest BCUT2D eigenvalue weighted by Gasteiger charge is 2.42. The molecule has 2 saturated carbocycles. The smallest absolute Gasteiger partial charge is 0.0105 e. The van der Waals surface area contributed by atoms with Gasteiger partial charge in [-0.15, -0.1) is 0 Å². The Morgan fingerprint density at radius 3 is 1.73 bits per heavy atom.